The van der Waals surface area contributed by atoms with Crippen LogP contribution in [0.15, 0.2) is 0 Å². The highest BCUT2D eigenvalue weighted by molar-refractivity contribution is 7.91. The first-order valence-corrected chi connectivity index (χ1v) is 10.5. The summed E-state index contributed by atoms with van der Waals surface area (Å²) in [5.74, 6) is -2.34. The zero-order valence-corrected chi connectivity index (χ0v) is 15.0. The fourth-order valence-electron chi connectivity index (χ4n) is 4.02. The molecule has 3 aliphatic heterocycles. The maximum Gasteiger partial charge on any atom is 0.406 e. The van der Waals surface area contributed by atoms with Crippen LogP contribution in [0.4, 0.5) is 13.2 Å². The Morgan fingerprint density at radius 1 is 1.19 bits per heavy atom. The van der Waals surface area contributed by atoms with E-state index in [1.54, 1.807) is 0 Å². The van der Waals surface area contributed by atoms with E-state index in [-0.39, 0.29) is 30.5 Å². The van der Waals surface area contributed by atoms with E-state index in [0.29, 0.717) is 4.90 Å². The van der Waals surface area contributed by atoms with E-state index in [2.05, 4.69) is 5.32 Å². The molecular formula is C15H22F3N3O4S. The molecule has 3 saturated heterocycles. The van der Waals surface area contributed by atoms with Gasteiger partial charge in [0.25, 0.3) is 0 Å². The standard InChI is InChI=1S/C15H22F3N3O4S/c16-15(17,18)9-21-6-10(5-13(21)22)14(23)19-11-7-26(24,25)8-12(11)20-3-1-2-4-20/h10-12H,1-9H2,(H,19,23). The molecule has 1 N–H and O–H groups in total. The number of hydrogen-bond donors (Lipinski definition) is 1. The highest BCUT2D eigenvalue weighted by Crippen LogP contribution is 2.26. The van der Waals surface area contributed by atoms with E-state index >= 15 is 0 Å². The second-order valence-corrected chi connectivity index (χ2v) is 9.45. The quantitative estimate of drug-likeness (QED) is 0.709. The van der Waals surface area contributed by atoms with E-state index in [9.17, 15) is 31.2 Å². The molecule has 0 aromatic rings. The number of amides is 2. The van der Waals surface area contributed by atoms with Gasteiger partial charge in [-0.15, -0.1) is 0 Å². The van der Waals surface area contributed by atoms with Gasteiger partial charge in [-0.3, -0.25) is 14.5 Å². The first-order valence-electron chi connectivity index (χ1n) is 8.63. The number of sulfone groups is 1. The number of rotatable bonds is 4. The molecule has 3 rings (SSSR count). The summed E-state index contributed by atoms with van der Waals surface area (Å²) in [4.78, 5) is 26.8. The molecule has 0 saturated carbocycles. The van der Waals surface area contributed by atoms with Gasteiger partial charge in [-0.25, -0.2) is 8.42 Å². The topological polar surface area (TPSA) is 86.8 Å². The lowest BCUT2D eigenvalue weighted by molar-refractivity contribution is -0.157. The summed E-state index contributed by atoms with van der Waals surface area (Å²) in [7, 11) is -3.28. The normalized spacial score (nSPS) is 32.3. The zero-order chi connectivity index (χ0) is 19.1. The van der Waals surface area contributed by atoms with Gasteiger partial charge >= 0.3 is 6.18 Å². The number of carbonyl (C=O) groups excluding carboxylic acids is 2. The van der Waals surface area contributed by atoms with Gasteiger partial charge in [0.15, 0.2) is 9.84 Å². The van der Waals surface area contributed by atoms with Crippen LogP contribution in [0.3, 0.4) is 0 Å². The Hall–Kier alpha value is -1.36. The Morgan fingerprint density at radius 3 is 2.46 bits per heavy atom. The number of likely N-dealkylation sites (tertiary alicyclic amines) is 2. The van der Waals surface area contributed by atoms with Crippen molar-refractivity contribution < 1.29 is 31.2 Å². The molecule has 3 fully saturated rings. The van der Waals surface area contributed by atoms with Crippen molar-refractivity contribution in [2.24, 2.45) is 5.92 Å². The minimum absolute atomic E-state index is 0.0260. The Bertz CT molecular complexity index is 676. The zero-order valence-electron chi connectivity index (χ0n) is 14.2. The summed E-state index contributed by atoms with van der Waals surface area (Å²) in [6, 6.07) is -0.896. The predicted molar refractivity (Wildman–Crippen MR) is 85.9 cm³/mol. The van der Waals surface area contributed by atoms with Crippen molar-refractivity contribution in [1.29, 1.82) is 0 Å². The third-order valence-corrected chi connectivity index (χ3v) is 6.93. The molecule has 0 bridgehead atoms. The molecule has 2 amide bonds. The Morgan fingerprint density at radius 2 is 1.85 bits per heavy atom. The van der Waals surface area contributed by atoms with Crippen LogP contribution in [0.5, 0.6) is 0 Å². The molecule has 7 nitrogen and oxygen atoms in total. The van der Waals surface area contributed by atoms with E-state index in [0.717, 1.165) is 25.9 Å². The Kier molecular flexibility index (Phi) is 5.22. The lowest BCUT2D eigenvalue weighted by Crippen LogP contribution is -2.51. The van der Waals surface area contributed by atoms with Crippen LogP contribution in [0, 0.1) is 5.92 Å². The van der Waals surface area contributed by atoms with Crippen LogP contribution in [0.25, 0.3) is 0 Å². The van der Waals surface area contributed by atoms with Gasteiger partial charge in [0.1, 0.15) is 6.54 Å². The van der Waals surface area contributed by atoms with Gasteiger partial charge in [-0.05, 0) is 25.9 Å². The maximum atomic E-state index is 12.5. The summed E-state index contributed by atoms with van der Waals surface area (Å²) < 4.78 is 61.5. The number of halogens is 3. The van der Waals surface area contributed by atoms with Crippen molar-refractivity contribution in [3.05, 3.63) is 0 Å². The molecule has 0 aromatic carbocycles. The number of carbonyl (C=O) groups is 2. The van der Waals surface area contributed by atoms with Gasteiger partial charge in [-0.1, -0.05) is 0 Å². The molecular weight excluding hydrogens is 375 g/mol. The van der Waals surface area contributed by atoms with E-state index < -0.39 is 46.3 Å². The van der Waals surface area contributed by atoms with Gasteiger partial charge in [-0.2, -0.15) is 13.2 Å². The van der Waals surface area contributed by atoms with Gasteiger partial charge in [0, 0.05) is 19.0 Å². The van der Waals surface area contributed by atoms with Gasteiger partial charge in [0.2, 0.25) is 11.8 Å². The fraction of sp³-hybridized carbons (Fsp3) is 0.867. The van der Waals surface area contributed by atoms with Gasteiger partial charge in [0.05, 0.1) is 23.5 Å². The SMILES string of the molecule is O=C(NC1CS(=O)(=O)CC1N1CCCC1)C1CC(=O)N(CC(F)(F)F)C1. The number of nitrogens with zero attached hydrogens (tertiary/aromatic N) is 2. The third kappa shape index (κ3) is 4.48. The van der Waals surface area contributed by atoms with Crippen LogP contribution in [0.2, 0.25) is 0 Å². The van der Waals surface area contributed by atoms with Crippen molar-refractivity contribution in [3.8, 4) is 0 Å². The van der Waals surface area contributed by atoms with Crippen LogP contribution < -0.4 is 5.32 Å². The first kappa shape index (κ1) is 19.4. The van der Waals surface area contributed by atoms with Gasteiger partial charge < -0.3 is 10.2 Å². The lowest BCUT2D eigenvalue weighted by atomic mass is 10.1. The van der Waals surface area contributed by atoms with Crippen LogP contribution in [-0.2, 0) is 19.4 Å². The Labute approximate surface area is 149 Å². The summed E-state index contributed by atoms with van der Waals surface area (Å²) in [6.07, 6.45) is -2.85. The monoisotopic (exact) mass is 397 g/mol. The smallest absolute Gasteiger partial charge is 0.350 e. The van der Waals surface area contributed by atoms with Crippen molar-refractivity contribution in [2.75, 3.05) is 37.7 Å². The fourth-order valence-corrected chi connectivity index (χ4v) is 5.97. The Balaban J connectivity index is 1.62. The lowest BCUT2D eigenvalue weighted by Gasteiger charge is -2.29. The average molecular weight is 397 g/mol. The van der Waals surface area contributed by atoms with Crippen molar-refractivity contribution in [1.82, 2.24) is 15.1 Å². The predicted octanol–water partition coefficient (Wildman–Crippen LogP) is -0.225. The van der Waals surface area contributed by atoms with E-state index in [1.807, 2.05) is 4.90 Å². The second-order valence-electron chi connectivity index (χ2n) is 7.29. The van der Waals surface area contributed by atoms with Crippen molar-refractivity contribution >= 4 is 21.7 Å². The minimum atomic E-state index is -4.51. The first-order chi connectivity index (χ1) is 12.0. The molecule has 3 heterocycles. The molecule has 26 heavy (non-hydrogen) atoms. The van der Waals surface area contributed by atoms with Crippen LogP contribution >= 0.6 is 0 Å². The van der Waals surface area contributed by atoms with E-state index in [1.165, 1.54) is 0 Å². The molecule has 3 aliphatic rings. The van der Waals surface area contributed by atoms with Crippen LogP contribution in [0.1, 0.15) is 19.3 Å². The average Bonchev–Trinajstić information content (AvgIpc) is 3.18. The third-order valence-electron chi connectivity index (χ3n) is 5.22. The largest absolute Gasteiger partial charge is 0.406 e. The minimum Gasteiger partial charge on any atom is -0.350 e. The number of nitrogens with one attached hydrogen (secondary N) is 1. The molecule has 11 heteroatoms. The number of hydrogen-bond acceptors (Lipinski definition) is 5. The molecule has 3 unspecified atom stereocenters. The number of alkyl halides is 3. The molecule has 0 aliphatic carbocycles. The van der Waals surface area contributed by atoms with E-state index in [4.69, 9.17) is 0 Å². The molecule has 0 radical (unpaired) electrons. The molecule has 0 aromatic heterocycles. The highest BCUT2D eigenvalue weighted by atomic mass is 32.2. The summed E-state index contributed by atoms with van der Waals surface area (Å²) in [5.41, 5.74) is 0. The van der Waals surface area contributed by atoms with Crippen molar-refractivity contribution in [3.63, 3.8) is 0 Å². The second kappa shape index (κ2) is 6.99. The van der Waals surface area contributed by atoms with Crippen molar-refractivity contribution in [2.45, 2.75) is 37.5 Å². The maximum absolute atomic E-state index is 12.5. The molecule has 0 spiro atoms. The highest BCUT2D eigenvalue weighted by Gasteiger charge is 2.45. The summed E-state index contributed by atoms with van der Waals surface area (Å²) in [6.45, 7) is -0.122. The molecule has 148 valence electrons. The summed E-state index contributed by atoms with van der Waals surface area (Å²) >= 11 is 0. The summed E-state index contributed by atoms with van der Waals surface area (Å²) in [5, 5.41) is 2.69. The molecule has 3 atom stereocenters. The van der Waals surface area contributed by atoms with Crippen LogP contribution in [-0.4, -0.2) is 86.0 Å².